The number of hydrogen-bond donors (Lipinski definition) is 2. The van der Waals surface area contributed by atoms with E-state index in [1.165, 1.54) is 0 Å². The molecule has 1 aliphatic rings. The SMILES string of the molecule is CC(C)NC(=O)CNC1C(C)(C)C1(C)C. The molecule has 1 amide bonds. The van der Waals surface area contributed by atoms with Crippen LogP contribution in [-0.4, -0.2) is 24.5 Å². The van der Waals surface area contributed by atoms with E-state index in [2.05, 4.69) is 38.3 Å². The van der Waals surface area contributed by atoms with Crippen molar-refractivity contribution in [3.8, 4) is 0 Å². The quantitative estimate of drug-likeness (QED) is 0.742. The van der Waals surface area contributed by atoms with Gasteiger partial charge in [-0.25, -0.2) is 0 Å². The van der Waals surface area contributed by atoms with E-state index >= 15 is 0 Å². The minimum absolute atomic E-state index is 0.0866. The monoisotopic (exact) mass is 212 g/mol. The summed E-state index contributed by atoms with van der Waals surface area (Å²) in [4.78, 5) is 11.4. The summed E-state index contributed by atoms with van der Waals surface area (Å²) < 4.78 is 0. The van der Waals surface area contributed by atoms with Gasteiger partial charge in [0.15, 0.2) is 0 Å². The summed E-state index contributed by atoms with van der Waals surface area (Å²) in [6, 6.07) is 0.669. The van der Waals surface area contributed by atoms with Crippen molar-refractivity contribution in [1.29, 1.82) is 0 Å². The molecule has 0 heterocycles. The molecule has 1 fully saturated rings. The van der Waals surface area contributed by atoms with Gasteiger partial charge in [-0.2, -0.15) is 0 Å². The Morgan fingerprint density at radius 1 is 1.20 bits per heavy atom. The van der Waals surface area contributed by atoms with Gasteiger partial charge >= 0.3 is 0 Å². The molecule has 15 heavy (non-hydrogen) atoms. The Morgan fingerprint density at radius 3 is 2.00 bits per heavy atom. The highest BCUT2D eigenvalue weighted by Gasteiger charge is 2.64. The highest BCUT2D eigenvalue weighted by atomic mass is 16.1. The Balaban J connectivity index is 2.32. The molecule has 0 saturated heterocycles. The van der Waals surface area contributed by atoms with Crippen molar-refractivity contribution in [3.05, 3.63) is 0 Å². The standard InChI is InChI=1S/C12H24N2O/c1-8(2)14-9(15)7-13-10-11(3,4)12(10,5)6/h8,10,13H,7H2,1-6H3,(H,14,15). The Kier molecular flexibility index (Phi) is 3.15. The normalized spacial score (nSPS) is 22.9. The first-order valence-corrected chi connectivity index (χ1v) is 5.72. The Bertz CT molecular complexity index is 242. The third kappa shape index (κ3) is 2.33. The molecule has 0 unspecified atom stereocenters. The van der Waals surface area contributed by atoms with Gasteiger partial charge in [0.05, 0.1) is 6.54 Å². The zero-order valence-electron chi connectivity index (χ0n) is 10.8. The lowest BCUT2D eigenvalue weighted by atomic mass is 10.0. The number of amides is 1. The van der Waals surface area contributed by atoms with Gasteiger partial charge in [-0.1, -0.05) is 27.7 Å². The van der Waals surface area contributed by atoms with Gasteiger partial charge in [-0.15, -0.1) is 0 Å². The summed E-state index contributed by atoms with van der Waals surface area (Å²) in [7, 11) is 0. The Morgan fingerprint density at radius 2 is 1.67 bits per heavy atom. The van der Waals surface area contributed by atoms with Gasteiger partial charge in [0, 0.05) is 12.1 Å². The molecule has 0 spiro atoms. The van der Waals surface area contributed by atoms with Crippen molar-refractivity contribution in [2.45, 2.75) is 53.6 Å². The fourth-order valence-corrected chi connectivity index (χ4v) is 2.27. The molecule has 1 aliphatic carbocycles. The molecule has 0 atom stereocenters. The zero-order chi connectivity index (χ0) is 11.9. The maximum absolute atomic E-state index is 11.4. The molecule has 0 aromatic rings. The van der Waals surface area contributed by atoms with Crippen molar-refractivity contribution in [3.63, 3.8) is 0 Å². The van der Waals surface area contributed by atoms with Crippen LogP contribution in [0.4, 0.5) is 0 Å². The minimum Gasteiger partial charge on any atom is -0.353 e. The first kappa shape index (κ1) is 12.5. The number of rotatable bonds is 4. The molecule has 1 saturated carbocycles. The smallest absolute Gasteiger partial charge is 0.234 e. The zero-order valence-corrected chi connectivity index (χ0v) is 10.8. The molecular weight excluding hydrogens is 188 g/mol. The maximum Gasteiger partial charge on any atom is 0.234 e. The van der Waals surface area contributed by atoms with Crippen LogP contribution in [-0.2, 0) is 4.79 Å². The van der Waals surface area contributed by atoms with E-state index in [0.717, 1.165) is 0 Å². The second kappa shape index (κ2) is 3.78. The van der Waals surface area contributed by atoms with Crippen LogP contribution in [0.5, 0.6) is 0 Å². The fourth-order valence-electron chi connectivity index (χ4n) is 2.27. The van der Waals surface area contributed by atoms with Crippen molar-refractivity contribution in [2.24, 2.45) is 10.8 Å². The third-order valence-corrected chi connectivity index (χ3v) is 3.94. The van der Waals surface area contributed by atoms with Crippen LogP contribution in [0.25, 0.3) is 0 Å². The molecular formula is C12H24N2O. The van der Waals surface area contributed by atoms with Crippen molar-refractivity contribution >= 4 is 5.91 Å². The Labute approximate surface area is 93.0 Å². The summed E-state index contributed by atoms with van der Waals surface area (Å²) >= 11 is 0. The third-order valence-electron chi connectivity index (χ3n) is 3.94. The lowest BCUT2D eigenvalue weighted by molar-refractivity contribution is -0.120. The highest BCUT2D eigenvalue weighted by Crippen LogP contribution is 2.62. The van der Waals surface area contributed by atoms with Crippen LogP contribution in [0.3, 0.4) is 0 Å². The fraction of sp³-hybridized carbons (Fsp3) is 0.917. The predicted octanol–water partition coefficient (Wildman–Crippen LogP) is 1.54. The average molecular weight is 212 g/mol. The van der Waals surface area contributed by atoms with Gasteiger partial charge in [-0.05, 0) is 24.7 Å². The van der Waals surface area contributed by atoms with Gasteiger partial charge < -0.3 is 10.6 Å². The van der Waals surface area contributed by atoms with Crippen LogP contribution < -0.4 is 10.6 Å². The predicted molar refractivity (Wildman–Crippen MR) is 62.6 cm³/mol. The lowest BCUT2D eigenvalue weighted by Gasteiger charge is -2.10. The molecule has 3 heteroatoms. The number of hydrogen-bond acceptors (Lipinski definition) is 2. The molecule has 88 valence electrons. The topological polar surface area (TPSA) is 41.1 Å². The summed E-state index contributed by atoms with van der Waals surface area (Å²) in [5.74, 6) is 0.0866. The number of carbonyl (C=O) groups excluding carboxylic acids is 1. The van der Waals surface area contributed by atoms with E-state index in [1.54, 1.807) is 0 Å². The first-order chi connectivity index (χ1) is 6.69. The molecule has 0 bridgehead atoms. The van der Waals surface area contributed by atoms with Crippen LogP contribution >= 0.6 is 0 Å². The second-order valence-electron chi connectivity index (χ2n) is 5.98. The van der Waals surface area contributed by atoms with Crippen molar-refractivity contribution < 1.29 is 4.79 Å². The molecule has 3 nitrogen and oxygen atoms in total. The molecule has 1 rings (SSSR count). The summed E-state index contributed by atoms with van der Waals surface area (Å²) in [6.07, 6.45) is 0. The largest absolute Gasteiger partial charge is 0.353 e. The van der Waals surface area contributed by atoms with Gasteiger partial charge in [0.1, 0.15) is 0 Å². The van der Waals surface area contributed by atoms with Crippen LogP contribution in [0.15, 0.2) is 0 Å². The summed E-state index contributed by atoms with van der Waals surface area (Å²) in [5.41, 5.74) is 0.593. The number of carbonyl (C=O) groups is 1. The van der Waals surface area contributed by atoms with Crippen LogP contribution in [0, 0.1) is 10.8 Å². The van der Waals surface area contributed by atoms with E-state index in [0.29, 0.717) is 23.4 Å². The van der Waals surface area contributed by atoms with Crippen LogP contribution in [0.1, 0.15) is 41.5 Å². The van der Waals surface area contributed by atoms with Crippen molar-refractivity contribution in [2.75, 3.05) is 6.54 Å². The van der Waals surface area contributed by atoms with E-state index in [1.807, 2.05) is 13.8 Å². The lowest BCUT2D eigenvalue weighted by Crippen LogP contribution is -2.39. The van der Waals surface area contributed by atoms with Gasteiger partial charge in [0.25, 0.3) is 0 Å². The van der Waals surface area contributed by atoms with Crippen LogP contribution in [0.2, 0.25) is 0 Å². The van der Waals surface area contributed by atoms with E-state index < -0.39 is 0 Å². The summed E-state index contributed by atoms with van der Waals surface area (Å²) in [6.45, 7) is 13.3. The number of nitrogens with one attached hydrogen (secondary N) is 2. The molecule has 0 aromatic heterocycles. The van der Waals surface area contributed by atoms with Gasteiger partial charge in [-0.3, -0.25) is 4.79 Å². The summed E-state index contributed by atoms with van der Waals surface area (Å²) in [5, 5.41) is 6.21. The minimum atomic E-state index is 0.0866. The van der Waals surface area contributed by atoms with Gasteiger partial charge in [0.2, 0.25) is 5.91 Å². The molecule has 0 radical (unpaired) electrons. The first-order valence-electron chi connectivity index (χ1n) is 5.72. The second-order valence-corrected chi connectivity index (χ2v) is 5.98. The highest BCUT2D eigenvalue weighted by molar-refractivity contribution is 5.78. The van der Waals surface area contributed by atoms with E-state index in [-0.39, 0.29) is 11.9 Å². The average Bonchev–Trinajstić information content (AvgIpc) is 2.38. The van der Waals surface area contributed by atoms with Crippen molar-refractivity contribution in [1.82, 2.24) is 10.6 Å². The Hall–Kier alpha value is -0.570. The van der Waals surface area contributed by atoms with E-state index in [9.17, 15) is 4.79 Å². The molecule has 2 N–H and O–H groups in total. The molecule has 0 aromatic carbocycles. The maximum atomic E-state index is 11.4. The molecule has 0 aliphatic heterocycles. The van der Waals surface area contributed by atoms with E-state index in [4.69, 9.17) is 0 Å².